The topological polar surface area (TPSA) is 6.48 Å². The predicted octanol–water partition coefficient (Wildman–Crippen LogP) is 2.96. The quantitative estimate of drug-likeness (QED) is 0.676. The van der Waals surface area contributed by atoms with Crippen LogP contribution in [-0.4, -0.2) is 12.1 Å². The summed E-state index contributed by atoms with van der Waals surface area (Å²) in [5, 5.41) is 4.73. The fourth-order valence-corrected chi connectivity index (χ4v) is 3.13. The van der Waals surface area contributed by atoms with Crippen LogP contribution in [0, 0.1) is 0 Å². The van der Waals surface area contributed by atoms with Crippen LogP contribution < -0.4 is 5.01 Å². The molecular weight excluding hydrogens is 208 g/mol. The first-order valence-electron chi connectivity index (χ1n) is 6.03. The molecule has 2 nitrogen and oxygen atoms in total. The zero-order valence-electron chi connectivity index (χ0n) is 9.80. The SMILES string of the molecule is CN1c2ccccc2C2c3ccccc3CN21. The minimum atomic E-state index is 0.424. The summed E-state index contributed by atoms with van der Waals surface area (Å²) >= 11 is 0. The maximum absolute atomic E-state index is 2.44. The van der Waals surface area contributed by atoms with E-state index in [9.17, 15) is 0 Å². The molecule has 0 amide bonds. The lowest BCUT2D eigenvalue weighted by molar-refractivity contribution is 0.259. The molecule has 2 aliphatic rings. The second kappa shape index (κ2) is 3.11. The average Bonchev–Trinajstić information content (AvgIpc) is 2.88. The van der Waals surface area contributed by atoms with Crippen LogP contribution in [0.2, 0.25) is 0 Å². The van der Waals surface area contributed by atoms with Gasteiger partial charge in [-0.25, -0.2) is 5.01 Å². The molecule has 0 N–H and O–H groups in total. The van der Waals surface area contributed by atoms with E-state index >= 15 is 0 Å². The third-order valence-corrected chi connectivity index (χ3v) is 3.95. The van der Waals surface area contributed by atoms with E-state index in [1.165, 1.54) is 22.4 Å². The van der Waals surface area contributed by atoms with Gasteiger partial charge < -0.3 is 5.01 Å². The van der Waals surface area contributed by atoms with E-state index in [-0.39, 0.29) is 0 Å². The number of benzene rings is 2. The van der Waals surface area contributed by atoms with E-state index in [0.717, 1.165) is 6.54 Å². The van der Waals surface area contributed by atoms with Gasteiger partial charge in [0.25, 0.3) is 0 Å². The van der Waals surface area contributed by atoms with Gasteiger partial charge in [0.1, 0.15) is 0 Å². The standard InChI is InChI=1S/C15H14N2/c1-16-14-9-5-4-8-13(14)15-12-7-3-2-6-11(12)10-17(15)16/h2-9,15H,10H2,1H3. The summed E-state index contributed by atoms with van der Waals surface area (Å²) in [6, 6.07) is 17.9. The summed E-state index contributed by atoms with van der Waals surface area (Å²) in [5.41, 5.74) is 5.69. The van der Waals surface area contributed by atoms with E-state index in [4.69, 9.17) is 0 Å². The van der Waals surface area contributed by atoms with Crippen LogP contribution in [-0.2, 0) is 6.54 Å². The molecule has 2 heteroatoms. The van der Waals surface area contributed by atoms with E-state index in [2.05, 4.69) is 65.6 Å². The fraction of sp³-hybridized carbons (Fsp3) is 0.200. The second-order valence-electron chi connectivity index (χ2n) is 4.78. The zero-order valence-corrected chi connectivity index (χ0v) is 9.80. The molecule has 0 aromatic heterocycles. The van der Waals surface area contributed by atoms with Crippen LogP contribution in [0.3, 0.4) is 0 Å². The first-order valence-corrected chi connectivity index (χ1v) is 6.03. The van der Waals surface area contributed by atoms with Crippen LogP contribution in [0.4, 0.5) is 5.69 Å². The van der Waals surface area contributed by atoms with Crippen LogP contribution in [0.1, 0.15) is 22.7 Å². The Hall–Kier alpha value is -1.80. The Balaban J connectivity index is 1.95. The zero-order chi connectivity index (χ0) is 11.4. The molecule has 84 valence electrons. The van der Waals surface area contributed by atoms with Crippen molar-refractivity contribution < 1.29 is 0 Å². The summed E-state index contributed by atoms with van der Waals surface area (Å²) in [7, 11) is 2.16. The maximum Gasteiger partial charge on any atom is 0.0820 e. The number of nitrogens with zero attached hydrogens (tertiary/aromatic N) is 2. The smallest absolute Gasteiger partial charge is 0.0820 e. The first kappa shape index (κ1) is 9.25. The average molecular weight is 222 g/mol. The Bertz CT molecular complexity index is 591. The van der Waals surface area contributed by atoms with Gasteiger partial charge in [0, 0.05) is 19.2 Å². The van der Waals surface area contributed by atoms with Crippen molar-refractivity contribution in [3.05, 3.63) is 65.2 Å². The molecule has 2 aromatic rings. The molecule has 0 radical (unpaired) electrons. The Labute approximate surface area is 101 Å². The Morgan fingerprint density at radius 2 is 1.65 bits per heavy atom. The minimum absolute atomic E-state index is 0.424. The van der Waals surface area contributed by atoms with Crippen LogP contribution in [0.5, 0.6) is 0 Å². The molecular formula is C15H14N2. The molecule has 17 heavy (non-hydrogen) atoms. The molecule has 0 bridgehead atoms. The normalized spacial score (nSPS) is 21.2. The molecule has 1 unspecified atom stereocenters. The van der Waals surface area contributed by atoms with E-state index in [0.29, 0.717) is 6.04 Å². The third-order valence-electron chi connectivity index (χ3n) is 3.95. The van der Waals surface area contributed by atoms with Crippen molar-refractivity contribution in [1.82, 2.24) is 5.01 Å². The fourth-order valence-electron chi connectivity index (χ4n) is 3.13. The number of fused-ring (bicyclic) bond motifs is 5. The summed E-state index contributed by atoms with van der Waals surface area (Å²) in [6.07, 6.45) is 0. The summed E-state index contributed by atoms with van der Waals surface area (Å²) in [5.74, 6) is 0. The van der Waals surface area contributed by atoms with Gasteiger partial charge in [-0.1, -0.05) is 42.5 Å². The van der Waals surface area contributed by atoms with Crippen molar-refractivity contribution in [2.75, 3.05) is 12.1 Å². The van der Waals surface area contributed by atoms with Gasteiger partial charge >= 0.3 is 0 Å². The third kappa shape index (κ3) is 1.08. The van der Waals surface area contributed by atoms with Gasteiger partial charge in [0.15, 0.2) is 0 Å². The van der Waals surface area contributed by atoms with Gasteiger partial charge in [0.2, 0.25) is 0 Å². The van der Waals surface area contributed by atoms with Crippen LogP contribution in [0.15, 0.2) is 48.5 Å². The molecule has 2 heterocycles. The lowest BCUT2D eigenvalue weighted by Gasteiger charge is -2.25. The summed E-state index contributed by atoms with van der Waals surface area (Å²) < 4.78 is 0. The lowest BCUT2D eigenvalue weighted by Crippen LogP contribution is -2.32. The lowest BCUT2D eigenvalue weighted by atomic mass is 9.98. The molecule has 0 spiro atoms. The summed E-state index contributed by atoms with van der Waals surface area (Å²) in [6.45, 7) is 1.02. The molecule has 0 saturated carbocycles. The van der Waals surface area contributed by atoms with E-state index in [1.54, 1.807) is 0 Å². The van der Waals surface area contributed by atoms with E-state index in [1.807, 2.05) is 0 Å². The van der Waals surface area contributed by atoms with Gasteiger partial charge in [-0.15, -0.1) is 0 Å². The minimum Gasteiger partial charge on any atom is -0.307 e. The number of para-hydroxylation sites is 1. The highest BCUT2D eigenvalue weighted by Gasteiger charge is 2.40. The molecule has 0 fully saturated rings. The highest BCUT2D eigenvalue weighted by molar-refractivity contribution is 5.62. The first-order chi connectivity index (χ1) is 8.36. The Morgan fingerprint density at radius 3 is 2.53 bits per heavy atom. The number of hydrazine groups is 1. The molecule has 2 aromatic carbocycles. The monoisotopic (exact) mass is 222 g/mol. The van der Waals surface area contributed by atoms with Crippen molar-refractivity contribution in [3.8, 4) is 0 Å². The van der Waals surface area contributed by atoms with Crippen LogP contribution >= 0.6 is 0 Å². The van der Waals surface area contributed by atoms with Gasteiger partial charge in [0.05, 0.1) is 11.7 Å². The largest absolute Gasteiger partial charge is 0.307 e. The summed E-state index contributed by atoms with van der Waals surface area (Å²) in [4.78, 5) is 0. The number of anilines is 1. The molecule has 1 atom stereocenters. The van der Waals surface area contributed by atoms with Crippen molar-refractivity contribution in [2.24, 2.45) is 0 Å². The number of hydrogen-bond acceptors (Lipinski definition) is 2. The van der Waals surface area contributed by atoms with Crippen molar-refractivity contribution in [3.63, 3.8) is 0 Å². The van der Waals surface area contributed by atoms with Crippen molar-refractivity contribution >= 4 is 5.69 Å². The van der Waals surface area contributed by atoms with Crippen molar-refractivity contribution in [2.45, 2.75) is 12.6 Å². The second-order valence-corrected chi connectivity index (χ2v) is 4.78. The number of hydrogen-bond donors (Lipinski definition) is 0. The van der Waals surface area contributed by atoms with Gasteiger partial charge in [-0.2, -0.15) is 0 Å². The highest BCUT2D eigenvalue weighted by atomic mass is 15.7. The molecule has 0 aliphatic carbocycles. The van der Waals surface area contributed by atoms with Gasteiger partial charge in [-0.05, 0) is 17.2 Å². The van der Waals surface area contributed by atoms with Crippen molar-refractivity contribution in [1.29, 1.82) is 0 Å². The van der Waals surface area contributed by atoms with Crippen LogP contribution in [0.25, 0.3) is 0 Å². The predicted molar refractivity (Wildman–Crippen MR) is 68.7 cm³/mol. The maximum atomic E-state index is 2.44. The van der Waals surface area contributed by atoms with E-state index < -0.39 is 0 Å². The molecule has 2 aliphatic heterocycles. The van der Waals surface area contributed by atoms with Gasteiger partial charge in [-0.3, -0.25) is 0 Å². The highest BCUT2D eigenvalue weighted by Crippen LogP contribution is 2.48. The Kier molecular flexibility index (Phi) is 1.69. The number of rotatable bonds is 0. The molecule has 4 rings (SSSR count). The Morgan fingerprint density at radius 1 is 0.941 bits per heavy atom. The molecule has 0 saturated heterocycles.